The smallest absolute Gasteiger partial charge is 0.292 e. The lowest BCUT2D eigenvalue weighted by atomic mass is 10.2. The summed E-state index contributed by atoms with van der Waals surface area (Å²) in [6.07, 6.45) is -0.00290. The van der Waals surface area contributed by atoms with E-state index in [-0.39, 0.29) is 46.0 Å². The first-order chi connectivity index (χ1) is 14.7. The zero-order chi connectivity index (χ0) is 22.3. The largest absolute Gasteiger partial charge is 0.322 e. The van der Waals surface area contributed by atoms with Crippen molar-refractivity contribution in [3.63, 3.8) is 0 Å². The number of quaternary nitrogens is 1. The maximum Gasteiger partial charge on any atom is 0.292 e. The summed E-state index contributed by atoms with van der Waals surface area (Å²) in [6, 6.07) is 9.32. The van der Waals surface area contributed by atoms with E-state index in [0.717, 1.165) is 15.9 Å². The van der Waals surface area contributed by atoms with Gasteiger partial charge >= 0.3 is 0 Å². The van der Waals surface area contributed by atoms with Crippen LogP contribution in [0.1, 0.15) is 6.42 Å². The van der Waals surface area contributed by atoms with Crippen molar-refractivity contribution in [2.45, 2.75) is 17.4 Å². The third-order valence-electron chi connectivity index (χ3n) is 5.63. The molecule has 2 saturated heterocycles. The van der Waals surface area contributed by atoms with Gasteiger partial charge in [0.25, 0.3) is 5.91 Å². The molecule has 31 heavy (non-hydrogen) atoms. The molecule has 2 fully saturated rings. The molecule has 1 atom stereocenters. The fourth-order valence-corrected chi connectivity index (χ4v) is 5.91. The molecule has 0 radical (unpaired) electrons. The molecule has 0 aromatic heterocycles. The van der Waals surface area contributed by atoms with Crippen molar-refractivity contribution in [2.24, 2.45) is 0 Å². The number of sulfonamides is 1. The van der Waals surface area contributed by atoms with Gasteiger partial charge in [0.1, 0.15) is 10.7 Å². The van der Waals surface area contributed by atoms with Crippen LogP contribution in [0.25, 0.3) is 0 Å². The molecule has 0 aliphatic carbocycles. The third-order valence-corrected chi connectivity index (χ3v) is 8.37. The van der Waals surface area contributed by atoms with Crippen LogP contribution in [0.4, 0.5) is 10.1 Å². The van der Waals surface area contributed by atoms with Crippen molar-refractivity contribution in [1.82, 2.24) is 4.31 Å². The number of imide groups is 1. The van der Waals surface area contributed by atoms with E-state index in [0.29, 0.717) is 13.1 Å². The Balaban J connectivity index is 1.48. The van der Waals surface area contributed by atoms with Crippen LogP contribution >= 0.6 is 23.2 Å². The van der Waals surface area contributed by atoms with Crippen LogP contribution in [0.15, 0.2) is 47.4 Å². The maximum atomic E-state index is 14.0. The average Bonchev–Trinajstić information content (AvgIpc) is 3.04. The van der Waals surface area contributed by atoms with Crippen molar-refractivity contribution in [3.05, 3.63) is 58.3 Å². The highest BCUT2D eigenvalue weighted by atomic mass is 35.5. The Morgan fingerprint density at radius 3 is 2.35 bits per heavy atom. The molecule has 7 nitrogen and oxygen atoms in total. The van der Waals surface area contributed by atoms with Crippen molar-refractivity contribution in [3.8, 4) is 0 Å². The van der Waals surface area contributed by atoms with Crippen molar-refractivity contribution < 1.29 is 27.3 Å². The highest BCUT2D eigenvalue weighted by Gasteiger charge is 2.47. The van der Waals surface area contributed by atoms with E-state index in [1.807, 2.05) is 0 Å². The molecular formula is C20H19Cl2FN3O4S+. The number of carbonyl (C=O) groups is 2. The highest BCUT2D eigenvalue weighted by Crippen LogP contribution is 2.34. The van der Waals surface area contributed by atoms with Crippen LogP contribution in [0.2, 0.25) is 10.0 Å². The standard InChI is InChI=1S/C20H18Cl2FN3O4S/c21-13-4-3-6-15(19(13)22)26-18(27)12-16(20(26)28)24-8-10-25(11-9-24)31(29,30)17-7-2-1-5-14(17)23/h1-7,16H,8-12H2/p+1/t16-/m0/s1. The molecule has 0 saturated carbocycles. The Bertz CT molecular complexity index is 1150. The molecule has 2 aromatic carbocycles. The van der Waals surface area contributed by atoms with Gasteiger partial charge in [0.05, 0.1) is 48.3 Å². The lowest BCUT2D eigenvalue weighted by Crippen LogP contribution is -3.19. The van der Waals surface area contributed by atoms with Crippen LogP contribution < -0.4 is 9.80 Å². The van der Waals surface area contributed by atoms with E-state index >= 15 is 0 Å². The van der Waals surface area contributed by atoms with Crippen LogP contribution in [-0.2, 0) is 19.6 Å². The SMILES string of the molecule is O=C1C[C@H]([NH+]2CCN(S(=O)(=O)c3ccccc3F)CC2)C(=O)N1c1cccc(Cl)c1Cl. The summed E-state index contributed by atoms with van der Waals surface area (Å²) in [4.78, 5) is 27.1. The number of nitrogens with zero attached hydrogens (tertiary/aromatic N) is 2. The number of benzene rings is 2. The second kappa shape index (κ2) is 8.48. The van der Waals surface area contributed by atoms with Gasteiger partial charge in [-0.15, -0.1) is 0 Å². The van der Waals surface area contributed by atoms with E-state index in [1.54, 1.807) is 18.2 Å². The van der Waals surface area contributed by atoms with Gasteiger partial charge in [0.15, 0.2) is 6.04 Å². The van der Waals surface area contributed by atoms with Crippen LogP contribution in [0.5, 0.6) is 0 Å². The van der Waals surface area contributed by atoms with Crippen molar-refractivity contribution in [2.75, 3.05) is 31.1 Å². The van der Waals surface area contributed by atoms with Gasteiger partial charge in [-0.1, -0.05) is 41.4 Å². The van der Waals surface area contributed by atoms with Gasteiger partial charge in [-0.2, -0.15) is 4.31 Å². The van der Waals surface area contributed by atoms with Crippen molar-refractivity contribution in [1.29, 1.82) is 0 Å². The number of hydrogen-bond acceptors (Lipinski definition) is 4. The van der Waals surface area contributed by atoms with E-state index in [9.17, 15) is 22.4 Å². The first kappa shape index (κ1) is 22.2. The molecule has 11 heteroatoms. The van der Waals surface area contributed by atoms with Gasteiger partial charge in [-0.05, 0) is 24.3 Å². The zero-order valence-corrected chi connectivity index (χ0v) is 18.6. The second-order valence-corrected chi connectivity index (χ2v) is 10.1. The summed E-state index contributed by atoms with van der Waals surface area (Å²) in [6.45, 7) is 0.854. The molecule has 2 aliphatic rings. The quantitative estimate of drug-likeness (QED) is 0.661. The average molecular weight is 487 g/mol. The first-order valence-electron chi connectivity index (χ1n) is 9.62. The minimum absolute atomic E-state index is 0.00290. The van der Waals surface area contributed by atoms with E-state index < -0.39 is 27.8 Å². The summed E-state index contributed by atoms with van der Waals surface area (Å²) in [5.74, 6) is -1.58. The number of anilines is 1. The molecule has 2 amide bonds. The highest BCUT2D eigenvalue weighted by molar-refractivity contribution is 7.89. The topological polar surface area (TPSA) is 79.2 Å². The lowest BCUT2D eigenvalue weighted by molar-refractivity contribution is -0.918. The minimum atomic E-state index is -3.98. The van der Waals surface area contributed by atoms with E-state index in [2.05, 4.69) is 0 Å². The summed E-state index contributed by atoms with van der Waals surface area (Å²) in [5, 5.41) is 0.366. The van der Waals surface area contributed by atoms with Gasteiger partial charge in [-0.25, -0.2) is 17.7 Å². The molecular weight excluding hydrogens is 468 g/mol. The number of rotatable bonds is 4. The first-order valence-corrected chi connectivity index (χ1v) is 11.8. The van der Waals surface area contributed by atoms with E-state index in [4.69, 9.17) is 23.2 Å². The van der Waals surface area contributed by atoms with Crippen LogP contribution in [-0.4, -0.2) is 56.8 Å². The van der Waals surface area contributed by atoms with Gasteiger partial charge in [0.2, 0.25) is 15.9 Å². The second-order valence-electron chi connectivity index (χ2n) is 7.39. The summed E-state index contributed by atoms with van der Waals surface area (Å²) in [7, 11) is -3.98. The Hall–Kier alpha value is -2.04. The number of hydrogen-bond donors (Lipinski definition) is 1. The molecule has 0 bridgehead atoms. The Morgan fingerprint density at radius 2 is 1.68 bits per heavy atom. The molecule has 2 aromatic rings. The van der Waals surface area contributed by atoms with Crippen molar-refractivity contribution >= 4 is 50.7 Å². The molecule has 164 valence electrons. The predicted molar refractivity (Wildman–Crippen MR) is 113 cm³/mol. The van der Waals surface area contributed by atoms with E-state index in [1.165, 1.54) is 22.5 Å². The molecule has 0 spiro atoms. The number of halogens is 3. The predicted octanol–water partition coefficient (Wildman–Crippen LogP) is 1.35. The fourth-order valence-electron chi connectivity index (χ4n) is 4.02. The van der Waals surface area contributed by atoms with Gasteiger partial charge in [0, 0.05) is 0 Å². The summed E-state index contributed by atoms with van der Waals surface area (Å²) >= 11 is 12.2. The normalized spacial score (nSPS) is 21.1. The Morgan fingerprint density at radius 1 is 1.00 bits per heavy atom. The van der Waals surface area contributed by atoms with Crippen LogP contribution in [0.3, 0.4) is 0 Å². The molecule has 2 heterocycles. The molecule has 0 unspecified atom stereocenters. The Labute approximate surface area is 189 Å². The Kier molecular flexibility index (Phi) is 6.06. The molecule has 4 rings (SSSR count). The van der Waals surface area contributed by atoms with Crippen LogP contribution in [0, 0.1) is 5.82 Å². The maximum absolute atomic E-state index is 14.0. The summed E-state index contributed by atoms with van der Waals surface area (Å²) < 4.78 is 40.8. The third kappa shape index (κ3) is 3.96. The number of amides is 2. The number of carbonyl (C=O) groups excluding carboxylic acids is 2. The van der Waals surface area contributed by atoms with Gasteiger partial charge in [-0.3, -0.25) is 9.59 Å². The monoisotopic (exact) mass is 486 g/mol. The molecule has 1 N–H and O–H groups in total. The molecule has 2 aliphatic heterocycles. The summed E-state index contributed by atoms with van der Waals surface area (Å²) in [5.41, 5.74) is 0.242. The number of piperazine rings is 1. The lowest BCUT2D eigenvalue weighted by Gasteiger charge is -2.33. The minimum Gasteiger partial charge on any atom is -0.322 e. The fraction of sp³-hybridized carbons (Fsp3) is 0.300. The van der Waals surface area contributed by atoms with Gasteiger partial charge < -0.3 is 4.90 Å². The zero-order valence-electron chi connectivity index (χ0n) is 16.2. The number of nitrogens with one attached hydrogen (secondary N) is 1.